The molecule has 0 aliphatic rings. The number of nitrogens with one attached hydrogen (secondary N) is 1. The summed E-state index contributed by atoms with van der Waals surface area (Å²) >= 11 is 5.79. The topological polar surface area (TPSA) is 77.0 Å². The maximum absolute atomic E-state index is 12.3. The molecule has 0 spiro atoms. The van der Waals surface area contributed by atoms with Gasteiger partial charge in [0.2, 0.25) is 0 Å². The summed E-state index contributed by atoms with van der Waals surface area (Å²) in [5, 5.41) is 4.31. The molecular formula is C21H19ClN2O4S. The van der Waals surface area contributed by atoms with Crippen LogP contribution >= 0.6 is 11.6 Å². The van der Waals surface area contributed by atoms with E-state index >= 15 is 0 Å². The van der Waals surface area contributed by atoms with Gasteiger partial charge in [0.05, 0.1) is 18.2 Å². The summed E-state index contributed by atoms with van der Waals surface area (Å²) in [6, 6.07) is 20.6. The van der Waals surface area contributed by atoms with Gasteiger partial charge in [0, 0.05) is 10.6 Å². The van der Waals surface area contributed by atoms with E-state index in [9.17, 15) is 8.42 Å². The van der Waals surface area contributed by atoms with Crippen LogP contribution in [0.3, 0.4) is 0 Å². The second-order valence-corrected chi connectivity index (χ2v) is 8.08. The number of hydrogen-bond acceptors (Lipinski definition) is 5. The third-order valence-corrected chi connectivity index (χ3v) is 5.44. The van der Waals surface area contributed by atoms with Crippen molar-refractivity contribution in [1.82, 2.24) is 4.83 Å². The zero-order chi connectivity index (χ0) is 20.7. The molecule has 0 aromatic heterocycles. The molecule has 150 valence electrons. The smallest absolute Gasteiger partial charge is 0.276 e. The van der Waals surface area contributed by atoms with Gasteiger partial charge in [-0.2, -0.15) is 13.5 Å². The molecule has 0 bridgehead atoms. The van der Waals surface area contributed by atoms with Crippen LogP contribution in [0.2, 0.25) is 5.02 Å². The summed E-state index contributed by atoms with van der Waals surface area (Å²) in [4.78, 5) is 2.26. The molecule has 0 unspecified atom stereocenters. The van der Waals surface area contributed by atoms with Gasteiger partial charge in [-0.25, -0.2) is 4.83 Å². The molecule has 1 N–H and O–H groups in total. The lowest BCUT2D eigenvalue weighted by Gasteiger charge is -2.10. The number of hydrogen-bond donors (Lipinski definition) is 1. The highest BCUT2D eigenvalue weighted by atomic mass is 35.5. The van der Waals surface area contributed by atoms with E-state index in [4.69, 9.17) is 21.1 Å². The van der Waals surface area contributed by atoms with Gasteiger partial charge < -0.3 is 9.47 Å². The summed E-state index contributed by atoms with van der Waals surface area (Å²) in [6.45, 7) is 0.332. The van der Waals surface area contributed by atoms with E-state index < -0.39 is 10.0 Å². The number of methoxy groups -OCH3 is 1. The second kappa shape index (κ2) is 9.45. The monoisotopic (exact) mass is 430 g/mol. The molecule has 3 aromatic carbocycles. The maximum atomic E-state index is 12.3. The summed E-state index contributed by atoms with van der Waals surface area (Å²) < 4.78 is 35.6. The number of benzene rings is 3. The predicted octanol–water partition coefficient (Wildman–Crippen LogP) is 4.24. The standard InChI is InChI=1S/C21H19ClN2O4S/c1-27-19-7-4-5-16(13-19)15-28-21-8-3-2-6-17(21)14-23-24-29(25,26)20-11-9-18(22)10-12-20/h2-14,24H,15H2,1H3/b23-14-. The Morgan fingerprint density at radius 1 is 1.03 bits per heavy atom. The van der Waals surface area contributed by atoms with Crippen LogP contribution in [-0.4, -0.2) is 21.7 Å². The van der Waals surface area contributed by atoms with Crippen LogP contribution in [0.5, 0.6) is 11.5 Å². The van der Waals surface area contributed by atoms with Crippen LogP contribution in [0.1, 0.15) is 11.1 Å². The Labute approximate surface area is 174 Å². The molecular weight excluding hydrogens is 412 g/mol. The molecule has 0 fully saturated rings. The van der Waals surface area contributed by atoms with Crippen molar-refractivity contribution in [2.24, 2.45) is 5.10 Å². The minimum atomic E-state index is -3.78. The lowest BCUT2D eigenvalue weighted by atomic mass is 10.2. The summed E-state index contributed by atoms with van der Waals surface area (Å²) in [7, 11) is -2.18. The SMILES string of the molecule is COc1cccc(COc2ccccc2/C=N\NS(=O)(=O)c2ccc(Cl)cc2)c1. The van der Waals surface area contributed by atoms with E-state index in [0.29, 0.717) is 22.9 Å². The highest BCUT2D eigenvalue weighted by molar-refractivity contribution is 7.89. The third-order valence-electron chi connectivity index (χ3n) is 3.95. The number of nitrogens with zero attached hydrogens (tertiary/aromatic N) is 1. The predicted molar refractivity (Wildman–Crippen MR) is 113 cm³/mol. The molecule has 8 heteroatoms. The minimum Gasteiger partial charge on any atom is -0.497 e. The molecule has 3 aromatic rings. The van der Waals surface area contributed by atoms with Crippen molar-refractivity contribution in [3.63, 3.8) is 0 Å². The van der Waals surface area contributed by atoms with Gasteiger partial charge in [0.15, 0.2) is 0 Å². The fraction of sp³-hybridized carbons (Fsp3) is 0.0952. The Balaban J connectivity index is 1.69. The molecule has 0 saturated heterocycles. The minimum absolute atomic E-state index is 0.0709. The Morgan fingerprint density at radius 2 is 1.79 bits per heavy atom. The largest absolute Gasteiger partial charge is 0.497 e. The Hall–Kier alpha value is -3.03. The van der Waals surface area contributed by atoms with Gasteiger partial charge in [-0.3, -0.25) is 0 Å². The molecule has 0 atom stereocenters. The first-order chi connectivity index (χ1) is 14.0. The highest BCUT2D eigenvalue weighted by Gasteiger charge is 2.12. The van der Waals surface area contributed by atoms with Gasteiger partial charge in [-0.05, 0) is 54.1 Å². The van der Waals surface area contributed by atoms with Crippen LogP contribution in [0, 0.1) is 0 Å². The quantitative estimate of drug-likeness (QED) is 0.428. The van der Waals surface area contributed by atoms with Crippen molar-refractivity contribution >= 4 is 27.8 Å². The molecule has 0 aliphatic heterocycles. The Morgan fingerprint density at radius 3 is 2.55 bits per heavy atom. The van der Waals surface area contributed by atoms with Gasteiger partial charge >= 0.3 is 0 Å². The van der Waals surface area contributed by atoms with Crippen molar-refractivity contribution in [3.8, 4) is 11.5 Å². The van der Waals surface area contributed by atoms with Crippen LogP contribution < -0.4 is 14.3 Å². The first-order valence-corrected chi connectivity index (χ1v) is 10.5. The molecule has 29 heavy (non-hydrogen) atoms. The Bertz CT molecular complexity index is 1100. The lowest BCUT2D eigenvalue weighted by Crippen LogP contribution is -2.18. The molecule has 0 amide bonds. The fourth-order valence-electron chi connectivity index (χ4n) is 2.47. The van der Waals surface area contributed by atoms with E-state index in [1.165, 1.54) is 30.5 Å². The van der Waals surface area contributed by atoms with Crippen molar-refractivity contribution in [2.45, 2.75) is 11.5 Å². The van der Waals surface area contributed by atoms with Crippen LogP contribution in [0.4, 0.5) is 0 Å². The number of rotatable bonds is 8. The van der Waals surface area contributed by atoms with Crippen LogP contribution in [0.25, 0.3) is 0 Å². The van der Waals surface area contributed by atoms with Gasteiger partial charge in [0.25, 0.3) is 10.0 Å². The average molecular weight is 431 g/mol. The van der Waals surface area contributed by atoms with Crippen molar-refractivity contribution < 1.29 is 17.9 Å². The van der Waals surface area contributed by atoms with E-state index in [-0.39, 0.29) is 4.90 Å². The number of halogens is 1. The molecule has 0 heterocycles. The molecule has 6 nitrogen and oxygen atoms in total. The zero-order valence-corrected chi connectivity index (χ0v) is 17.2. The normalized spacial score (nSPS) is 11.4. The van der Waals surface area contributed by atoms with Gasteiger partial charge in [-0.15, -0.1) is 0 Å². The van der Waals surface area contributed by atoms with Crippen molar-refractivity contribution in [1.29, 1.82) is 0 Å². The number of hydrazone groups is 1. The zero-order valence-electron chi connectivity index (χ0n) is 15.6. The Kier molecular flexibility index (Phi) is 6.74. The number of sulfonamides is 1. The van der Waals surface area contributed by atoms with E-state index in [1.807, 2.05) is 36.4 Å². The molecule has 0 saturated carbocycles. The van der Waals surface area contributed by atoms with Crippen molar-refractivity contribution in [2.75, 3.05) is 7.11 Å². The van der Waals surface area contributed by atoms with E-state index in [0.717, 1.165) is 11.3 Å². The van der Waals surface area contributed by atoms with E-state index in [2.05, 4.69) is 9.93 Å². The van der Waals surface area contributed by atoms with Crippen molar-refractivity contribution in [3.05, 3.63) is 88.9 Å². The molecule has 3 rings (SSSR count). The first kappa shape index (κ1) is 20.7. The highest BCUT2D eigenvalue weighted by Crippen LogP contribution is 2.20. The lowest BCUT2D eigenvalue weighted by molar-refractivity contribution is 0.305. The van der Waals surface area contributed by atoms with Crippen LogP contribution in [-0.2, 0) is 16.6 Å². The number of para-hydroxylation sites is 1. The van der Waals surface area contributed by atoms with Crippen LogP contribution in [0.15, 0.2) is 82.8 Å². The van der Waals surface area contributed by atoms with Gasteiger partial charge in [-0.1, -0.05) is 35.9 Å². The molecule has 0 aliphatic carbocycles. The summed E-state index contributed by atoms with van der Waals surface area (Å²) in [5.74, 6) is 1.32. The van der Waals surface area contributed by atoms with E-state index in [1.54, 1.807) is 19.2 Å². The summed E-state index contributed by atoms with van der Waals surface area (Å²) in [6.07, 6.45) is 1.40. The maximum Gasteiger partial charge on any atom is 0.276 e. The summed E-state index contributed by atoms with van der Waals surface area (Å²) in [5.41, 5.74) is 1.58. The number of ether oxygens (including phenoxy) is 2. The first-order valence-electron chi connectivity index (χ1n) is 8.63. The molecule has 0 radical (unpaired) electrons. The van der Waals surface area contributed by atoms with Gasteiger partial charge in [0.1, 0.15) is 18.1 Å². The average Bonchev–Trinajstić information content (AvgIpc) is 2.73. The fourth-order valence-corrected chi connectivity index (χ4v) is 3.39. The third kappa shape index (κ3) is 5.73. The second-order valence-electron chi connectivity index (χ2n) is 5.98.